The molecule has 0 atom stereocenters. The number of hydrogen-bond donors (Lipinski definition) is 3. The van der Waals surface area contributed by atoms with Crippen molar-refractivity contribution in [1.82, 2.24) is 5.32 Å². The molecule has 0 saturated carbocycles. The normalized spacial score (nSPS) is 11.2. The molecule has 0 aliphatic rings. The van der Waals surface area contributed by atoms with Gasteiger partial charge >= 0.3 is 11.8 Å². The predicted octanol–water partition coefficient (Wildman–Crippen LogP) is 2.52. The minimum atomic E-state index is -0.994. The van der Waals surface area contributed by atoms with Gasteiger partial charge in [0.25, 0.3) is 0 Å². The number of aliphatic hydroxyl groups is 1. The van der Waals surface area contributed by atoms with Gasteiger partial charge in [0.1, 0.15) is 5.82 Å². The van der Waals surface area contributed by atoms with Crippen LogP contribution in [0.1, 0.15) is 45.1 Å². The van der Waals surface area contributed by atoms with Crippen LogP contribution < -0.4 is 10.6 Å². The Balaban J connectivity index is 2.59. The van der Waals surface area contributed by atoms with E-state index >= 15 is 0 Å². The highest BCUT2D eigenvalue weighted by Crippen LogP contribution is 2.18. The molecule has 128 valence electrons. The van der Waals surface area contributed by atoms with E-state index in [0.29, 0.717) is 24.1 Å². The third-order valence-corrected chi connectivity index (χ3v) is 3.63. The van der Waals surface area contributed by atoms with Crippen LogP contribution in [0.15, 0.2) is 18.2 Å². The van der Waals surface area contributed by atoms with E-state index in [1.807, 2.05) is 13.8 Å². The first-order valence-corrected chi connectivity index (χ1v) is 7.89. The first-order chi connectivity index (χ1) is 10.8. The smallest absolute Gasteiger partial charge is 0.313 e. The second-order valence-corrected chi connectivity index (χ2v) is 5.83. The van der Waals surface area contributed by atoms with Gasteiger partial charge in [0.15, 0.2) is 0 Å². The lowest BCUT2D eigenvalue weighted by molar-refractivity contribution is -0.137. The highest BCUT2D eigenvalue weighted by molar-refractivity contribution is 6.39. The average Bonchev–Trinajstić information content (AvgIpc) is 2.49. The number of anilines is 1. The van der Waals surface area contributed by atoms with Gasteiger partial charge in [-0.15, -0.1) is 0 Å². The molecule has 1 rings (SSSR count). The van der Waals surface area contributed by atoms with Crippen LogP contribution >= 0.6 is 0 Å². The first kappa shape index (κ1) is 19.1. The second-order valence-electron chi connectivity index (χ2n) is 5.83. The Morgan fingerprint density at radius 2 is 1.78 bits per heavy atom. The van der Waals surface area contributed by atoms with Crippen molar-refractivity contribution in [3.63, 3.8) is 0 Å². The van der Waals surface area contributed by atoms with E-state index in [9.17, 15) is 19.1 Å². The fourth-order valence-electron chi connectivity index (χ4n) is 2.47. The minimum absolute atomic E-state index is 0.0311. The average molecular weight is 324 g/mol. The number of rotatable bonds is 7. The Morgan fingerprint density at radius 3 is 2.30 bits per heavy atom. The fraction of sp³-hybridized carbons (Fsp3) is 0.529. The van der Waals surface area contributed by atoms with Crippen molar-refractivity contribution in [3.8, 4) is 0 Å². The highest BCUT2D eigenvalue weighted by atomic mass is 19.1. The summed E-state index contributed by atoms with van der Waals surface area (Å²) >= 11 is 0. The van der Waals surface area contributed by atoms with Crippen LogP contribution in [-0.2, 0) is 9.59 Å². The zero-order chi connectivity index (χ0) is 17.5. The van der Waals surface area contributed by atoms with Gasteiger partial charge in [-0.1, -0.05) is 26.7 Å². The molecule has 0 bridgehead atoms. The molecule has 0 fully saturated rings. The standard InChI is InChI=1S/C17H25FN2O3/c1-4-8-17(23,9-5-2)11-19-15(21)16(22)20-13-6-7-14(18)12(3)10-13/h6-7,10,23H,4-5,8-9,11H2,1-3H3,(H,19,21)(H,20,22). The Hall–Kier alpha value is -1.95. The number of amides is 2. The topological polar surface area (TPSA) is 78.4 Å². The maximum atomic E-state index is 13.2. The molecule has 0 heterocycles. The van der Waals surface area contributed by atoms with Crippen molar-refractivity contribution in [3.05, 3.63) is 29.6 Å². The van der Waals surface area contributed by atoms with Crippen molar-refractivity contribution in [2.45, 2.75) is 52.1 Å². The van der Waals surface area contributed by atoms with E-state index in [0.717, 1.165) is 12.8 Å². The lowest BCUT2D eigenvalue weighted by Crippen LogP contribution is -2.46. The summed E-state index contributed by atoms with van der Waals surface area (Å²) in [5.74, 6) is -2.04. The quantitative estimate of drug-likeness (QED) is 0.674. The van der Waals surface area contributed by atoms with Crippen molar-refractivity contribution in [1.29, 1.82) is 0 Å². The molecular formula is C17H25FN2O3. The summed E-state index contributed by atoms with van der Waals surface area (Å²) in [5, 5.41) is 15.3. The molecule has 1 aromatic carbocycles. The molecule has 3 N–H and O–H groups in total. The summed E-state index contributed by atoms with van der Waals surface area (Å²) < 4.78 is 13.2. The molecule has 5 nitrogen and oxygen atoms in total. The van der Waals surface area contributed by atoms with Gasteiger partial charge in [-0.05, 0) is 43.5 Å². The number of nitrogens with one attached hydrogen (secondary N) is 2. The van der Waals surface area contributed by atoms with Crippen molar-refractivity contribution < 1.29 is 19.1 Å². The summed E-state index contributed by atoms with van der Waals surface area (Å²) in [6.07, 6.45) is 2.68. The molecule has 0 spiro atoms. The Bertz CT molecular complexity index is 555. The minimum Gasteiger partial charge on any atom is -0.388 e. The van der Waals surface area contributed by atoms with Gasteiger partial charge in [-0.2, -0.15) is 0 Å². The summed E-state index contributed by atoms with van der Waals surface area (Å²) in [5.41, 5.74) is -0.267. The number of aryl methyl sites for hydroxylation is 1. The molecule has 6 heteroatoms. The van der Waals surface area contributed by atoms with Crippen molar-refractivity contribution in [2.24, 2.45) is 0 Å². The number of carbonyl (C=O) groups excluding carboxylic acids is 2. The van der Waals surface area contributed by atoms with E-state index in [1.54, 1.807) is 6.92 Å². The lowest BCUT2D eigenvalue weighted by Gasteiger charge is -2.27. The lowest BCUT2D eigenvalue weighted by atomic mass is 9.92. The van der Waals surface area contributed by atoms with Crippen LogP contribution in [-0.4, -0.2) is 29.1 Å². The van der Waals surface area contributed by atoms with Crippen LogP contribution in [0.2, 0.25) is 0 Å². The SMILES string of the molecule is CCCC(O)(CCC)CNC(=O)C(=O)Nc1ccc(F)c(C)c1. The summed E-state index contributed by atoms with van der Waals surface area (Å²) in [7, 11) is 0. The molecule has 23 heavy (non-hydrogen) atoms. The molecule has 0 aromatic heterocycles. The van der Waals surface area contributed by atoms with E-state index < -0.39 is 17.4 Å². The summed E-state index contributed by atoms with van der Waals surface area (Å²) in [6, 6.07) is 4.06. The van der Waals surface area contributed by atoms with Crippen molar-refractivity contribution in [2.75, 3.05) is 11.9 Å². The maximum Gasteiger partial charge on any atom is 0.313 e. The van der Waals surface area contributed by atoms with Crippen LogP contribution in [0.5, 0.6) is 0 Å². The third-order valence-electron chi connectivity index (χ3n) is 3.63. The first-order valence-electron chi connectivity index (χ1n) is 7.89. The fourth-order valence-corrected chi connectivity index (χ4v) is 2.47. The largest absolute Gasteiger partial charge is 0.388 e. The molecule has 1 aromatic rings. The summed E-state index contributed by atoms with van der Waals surface area (Å²) in [6.45, 7) is 5.50. The van der Waals surface area contributed by atoms with Gasteiger partial charge in [-0.3, -0.25) is 9.59 Å². The molecular weight excluding hydrogens is 299 g/mol. The Morgan fingerprint density at radius 1 is 1.17 bits per heavy atom. The summed E-state index contributed by atoms with van der Waals surface area (Å²) in [4.78, 5) is 23.7. The van der Waals surface area contributed by atoms with Crippen molar-refractivity contribution >= 4 is 17.5 Å². The highest BCUT2D eigenvalue weighted by Gasteiger charge is 2.26. The Kier molecular flexibility index (Phi) is 7.16. The number of carbonyl (C=O) groups is 2. The molecule has 2 amide bonds. The zero-order valence-corrected chi connectivity index (χ0v) is 13.9. The zero-order valence-electron chi connectivity index (χ0n) is 13.9. The number of hydrogen-bond acceptors (Lipinski definition) is 3. The third kappa shape index (κ3) is 5.98. The molecule has 0 aliphatic heterocycles. The van der Waals surface area contributed by atoms with Crippen LogP contribution in [0.4, 0.5) is 10.1 Å². The van der Waals surface area contributed by atoms with E-state index in [4.69, 9.17) is 0 Å². The number of benzene rings is 1. The monoisotopic (exact) mass is 324 g/mol. The van der Waals surface area contributed by atoms with E-state index in [-0.39, 0.29) is 12.4 Å². The predicted molar refractivity (Wildman–Crippen MR) is 87.5 cm³/mol. The maximum absolute atomic E-state index is 13.2. The molecule has 0 radical (unpaired) electrons. The number of halogens is 1. The van der Waals surface area contributed by atoms with Crippen LogP contribution in [0.25, 0.3) is 0 Å². The van der Waals surface area contributed by atoms with Gasteiger partial charge in [0.05, 0.1) is 5.60 Å². The second kappa shape index (κ2) is 8.62. The van der Waals surface area contributed by atoms with Crippen LogP contribution in [0.3, 0.4) is 0 Å². The van der Waals surface area contributed by atoms with Gasteiger partial charge in [0, 0.05) is 12.2 Å². The Labute approximate surface area is 136 Å². The van der Waals surface area contributed by atoms with E-state index in [1.165, 1.54) is 18.2 Å². The van der Waals surface area contributed by atoms with Gasteiger partial charge < -0.3 is 15.7 Å². The molecule has 0 saturated heterocycles. The van der Waals surface area contributed by atoms with E-state index in [2.05, 4.69) is 10.6 Å². The molecule has 0 unspecified atom stereocenters. The van der Waals surface area contributed by atoms with Gasteiger partial charge in [0.2, 0.25) is 0 Å². The van der Waals surface area contributed by atoms with Crippen LogP contribution in [0, 0.1) is 12.7 Å². The molecule has 0 aliphatic carbocycles. The van der Waals surface area contributed by atoms with Gasteiger partial charge in [-0.25, -0.2) is 4.39 Å².